The van der Waals surface area contributed by atoms with Crippen molar-refractivity contribution in [2.24, 2.45) is 0 Å². The lowest BCUT2D eigenvalue weighted by atomic mass is 10.0. The molecule has 0 bridgehead atoms. The van der Waals surface area contributed by atoms with Crippen LogP contribution < -0.4 is 5.32 Å². The highest BCUT2D eigenvalue weighted by Gasteiger charge is 2.15. The number of hydrogen-bond acceptors (Lipinski definition) is 4. The minimum atomic E-state index is 0.249. The molecule has 0 saturated heterocycles. The lowest BCUT2D eigenvalue weighted by molar-refractivity contribution is 0.584. The molecule has 0 radical (unpaired) electrons. The van der Waals surface area contributed by atoms with Gasteiger partial charge in [0.1, 0.15) is 0 Å². The highest BCUT2D eigenvalue weighted by molar-refractivity contribution is 7.18. The van der Waals surface area contributed by atoms with Gasteiger partial charge >= 0.3 is 0 Å². The van der Waals surface area contributed by atoms with E-state index in [4.69, 9.17) is 4.98 Å². The summed E-state index contributed by atoms with van der Waals surface area (Å²) in [6.45, 7) is 4.10. The van der Waals surface area contributed by atoms with Crippen molar-refractivity contribution in [3.8, 4) is 0 Å². The average Bonchev–Trinajstić information content (AvgIpc) is 2.87. The zero-order valence-corrected chi connectivity index (χ0v) is 13.4. The summed E-state index contributed by atoms with van der Waals surface area (Å²) in [6.07, 6.45) is 0.890. The summed E-state index contributed by atoms with van der Waals surface area (Å²) in [5, 5.41) is 4.56. The van der Waals surface area contributed by atoms with Crippen molar-refractivity contribution < 1.29 is 0 Å². The lowest BCUT2D eigenvalue weighted by Crippen LogP contribution is -2.20. The number of nitrogens with one attached hydrogen (secondary N) is 1. The van der Waals surface area contributed by atoms with Gasteiger partial charge in [0.2, 0.25) is 0 Å². The molecule has 3 nitrogen and oxygen atoms in total. The van der Waals surface area contributed by atoms with E-state index in [1.807, 2.05) is 20.0 Å². The van der Waals surface area contributed by atoms with Crippen LogP contribution in [0, 0.1) is 13.8 Å². The van der Waals surface area contributed by atoms with Crippen molar-refractivity contribution in [1.82, 2.24) is 15.3 Å². The van der Waals surface area contributed by atoms with Crippen LogP contribution in [0.15, 0.2) is 36.4 Å². The number of likely N-dealkylation sites (N-methyl/N-ethyl adjacent to an activating group) is 1. The molecule has 0 saturated carbocycles. The van der Waals surface area contributed by atoms with Crippen LogP contribution in [-0.4, -0.2) is 17.0 Å². The van der Waals surface area contributed by atoms with Crippen LogP contribution in [-0.2, 0) is 6.42 Å². The summed E-state index contributed by atoms with van der Waals surface area (Å²) in [4.78, 5) is 9.30. The minimum Gasteiger partial charge on any atom is -0.313 e. The molecular formula is C17H19N3S. The second-order valence-electron chi connectivity index (χ2n) is 5.25. The summed E-state index contributed by atoms with van der Waals surface area (Å²) in [7, 11) is 2.00. The fourth-order valence-corrected chi connectivity index (χ4v) is 3.63. The van der Waals surface area contributed by atoms with E-state index < -0.39 is 0 Å². The average molecular weight is 297 g/mol. The third-order valence-corrected chi connectivity index (χ3v) is 4.77. The molecule has 21 heavy (non-hydrogen) atoms. The fraction of sp³-hybridized carbons (Fsp3) is 0.294. The number of rotatable bonds is 4. The van der Waals surface area contributed by atoms with Crippen LogP contribution in [0.2, 0.25) is 0 Å². The molecule has 1 atom stereocenters. The van der Waals surface area contributed by atoms with Crippen LogP contribution in [0.1, 0.15) is 28.0 Å². The fourth-order valence-electron chi connectivity index (χ4n) is 2.62. The first-order valence-electron chi connectivity index (χ1n) is 7.13. The lowest BCUT2D eigenvalue weighted by Gasteiger charge is -2.17. The molecule has 0 aliphatic heterocycles. The maximum absolute atomic E-state index is 4.73. The number of aryl methyl sites for hydroxylation is 2. The smallest absolute Gasteiger partial charge is 0.0957 e. The topological polar surface area (TPSA) is 37.8 Å². The van der Waals surface area contributed by atoms with Gasteiger partial charge in [-0.25, -0.2) is 4.98 Å². The third-order valence-electron chi connectivity index (χ3n) is 3.71. The molecule has 2 aromatic heterocycles. The highest BCUT2D eigenvalue weighted by atomic mass is 32.1. The summed E-state index contributed by atoms with van der Waals surface area (Å²) in [5.74, 6) is 0. The summed E-state index contributed by atoms with van der Waals surface area (Å²) in [6, 6.07) is 12.8. The van der Waals surface area contributed by atoms with Crippen molar-refractivity contribution in [1.29, 1.82) is 0 Å². The molecule has 2 heterocycles. The van der Waals surface area contributed by atoms with Crippen molar-refractivity contribution in [3.63, 3.8) is 0 Å². The number of thiazole rings is 1. The van der Waals surface area contributed by atoms with Crippen LogP contribution in [0.5, 0.6) is 0 Å². The van der Waals surface area contributed by atoms with Gasteiger partial charge in [0.25, 0.3) is 0 Å². The molecule has 0 amide bonds. The quantitative estimate of drug-likeness (QED) is 0.795. The predicted molar refractivity (Wildman–Crippen MR) is 88.8 cm³/mol. The van der Waals surface area contributed by atoms with Gasteiger partial charge in [0.05, 0.1) is 15.2 Å². The molecule has 1 unspecified atom stereocenters. The second kappa shape index (κ2) is 5.92. The Bertz CT molecular complexity index is 731. The van der Waals surface area contributed by atoms with Gasteiger partial charge in [0, 0.05) is 23.9 Å². The molecule has 3 rings (SSSR count). The Morgan fingerprint density at radius 1 is 1.10 bits per heavy atom. The number of aromatic nitrogens is 2. The molecule has 1 aromatic carbocycles. The van der Waals surface area contributed by atoms with E-state index in [9.17, 15) is 0 Å². The third kappa shape index (κ3) is 2.96. The van der Waals surface area contributed by atoms with Crippen LogP contribution >= 0.6 is 11.3 Å². The maximum atomic E-state index is 4.73. The van der Waals surface area contributed by atoms with Gasteiger partial charge in [-0.1, -0.05) is 18.2 Å². The van der Waals surface area contributed by atoms with Gasteiger partial charge < -0.3 is 5.32 Å². The second-order valence-corrected chi connectivity index (χ2v) is 6.36. The number of pyridine rings is 1. The molecule has 0 spiro atoms. The van der Waals surface area contributed by atoms with Crippen LogP contribution in [0.3, 0.4) is 0 Å². The monoisotopic (exact) mass is 297 g/mol. The molecule has 0 fully saturated rings. The molecule has 0 aliphatic carbocycles. The predicted octanol–water partition coefficient (Wildman–Crippen LogP) is 3.81. The van der Waals surface area contributed by atoms with Gasteiger partial charge in [-0.2, -0.15) is 0 Å². The zero-order chi connectivity index (χ0) is 14.8. The molecule has 108 valence electrons. The summed E-state index contributed by atoms with van der Waals surface area (Å²) in [5.41, 5.74) is 4.50. The van der Waals surface area contributed by atoms with Gasteiger partial charge in [-0.05, 0) is 44.7 Å². The number of fused-ring (bicyclic) bond motifs is 1. The van der Waals surface area contributed by atoms with Crippen molar-refractivity contribution in [2.75, 3.05) is 7.05 Å². The molecule has 4 heteroatoms. The first-order valence-corrected chi connectivity index (χ1v) is 7.95. The van der Waals surface area contributed by atoms with E-state index in [0.29, 0.717) is 0 Å². The molecular weight excluding hydrogens is 278 g/mol. The molecule has 0 aliphatic rings. The normalized spacial score (nSPS) is 12.7. The molecule has 1 N–H and O–H groups in total. The van der Waals surface area contributed by atoms with Crippen LogP contribution in [0.25, 0.3) is 10.2 Å². The number of benzene rings is 1. The Kier molecular flexibility index (Phi) is 3.99. The molecule has 3 aromatic rings. The maximum Gasteiger partial charge on any atom is 0.0957 e. The van der Waals surface area contributed by atoms with Gasteiger partial charge in [-0.15, -0.1) is 11.3 Å². The van der Waals surface area contributed by atoms with E-state index in [-0.39, 0.29) is 6.04 Å². The first-order chi connectivity index (χ1) is 10.2. The minimum absolute atomic E-state index is 0.249. The van der Waals surface area contributed by atoms with E-state index >= 15 is 0 Å². The first kappa shape index (κ1) is 14.2. The number of nitrogens with zero attached hydrogens (tertiary/aromatic N) is 2. The van der Waals surface area contributed by atoms with Crippen molar-refractivity contribution in [3.05, 3.63) is 58.4 Å². The zero-order valence-electron chi connectivity index (χ0n) is 12.6. The SMILES string of the molecule is CNC(Cc1nc2ccccc2s1)c1ccc(C)nc1C. The highest BCUT2D eigenvalue weighted by Crippen LogP contribution is 2.27. The Balaban J connectivity index is 1.90. The van der Waals surface area contributed by atoms with E-state index in [0.717, 1.165) is 28.3 Å². The van der Waals surface area contributed by atoms with Crippen LogP contribution in [0.4, 0.5) is 0 Å². The number of para-hydroxylation sites is 1. The largest absolute Gasteiger partial charge is 0.313 e. The summed E-state index contributed by atoms with van der Waals surface area (Å²) < 4.78 is 1.25. The van der Waals surface area contributed by atoms with E-state index in [1.165, 1.54) is 10.3 Å². The van der Waals surface area contributed by atoms with Crippen molar-refractivity contribution >= 4 is 21.6 Å². The Morgan fingerprint density at radius 3 is 2.62 bits per heavy atom. The van der Waals surface area contributed by atoms with Gasteiger partial charge in [-0.3, -0.25) is 4.98 Å². The Labute approximate surface area is 129 Å². The number of hydrogen-bond donors (Lipinski definition) is 1. The van der Waals surface area contributed by atoms with Crippen molar-refractivity contribution in [2.45, 2.75) is 26.3 Å². The van der Waals surface area contributed by atoms with E-state index in [2.05, 4.69) is 47.6 Å². The summed E-state index contributed by atoms with van der Waals surface area (Å²) >= 11 is 1.77. The van der Waals surface area contributed by atoms with Gasteiger partial charge in [0.15, 0.2) is 0 Å². The Hall–Kier alpha value is -1.78. The van der Waals surface area contributed by atoms with E-state index in [1.54, 1.807) is 11.3 Å². The standard InChI is InChI=1S/C17H19N3S/c1-11-8-9-13(12(2)19-11)15(18-3)10-17-20-14-6-4-5-7-16(14)21-17/h4-9,15,18H,10H2,1-3H3. The Morgan fingerprint density at radius 2 is 1.90 bits per heavy atom.